The van der Waals surface area contributed by atoms with Gasteiger partial charge in [0.25, 0.3) is 5.56 Å². The summed E-state index contributed by atoms with van der Waals surface area (Å²) in [6.07, 6.45) is 2.36. The van der Waals surface area contributed by atoms with E-state index in [9.17, 15) is 4.79 Å². The Kier molecular flexibility index (Phi) is 4.06. The zero-order valence-corrected chi connectivity index (χ0v) is 15.8. The second-order valence-corrected chi connectivity index (χ2v) is 8.53. The first-order valence-electron chi connectivity index (χ1n) is 8.34. The van der Waals surface area contributed by atoms with Crippen molar-refractivity contribution in [3.05, 3.63) is 49.0 Å². The first-order chi connectivity index (χ1) is 11.6. The lowest BCUT2D eigenvalue weighted by Crippen LogP contribution is -2.29. The van der Waals surface area contributed by atoms with Gasteiger partial charge in [-0.25, -0.2) is 4.98 Å². The summed E-state index contributed by atoms with van der Waals surface area (Å²) in [5.74, 6) is 0.788. The molecule has 24 heavy (non-hydrogen) atoms. The molecule has 0 unspecified atom stereocenters. The Bertz CT molecular complexity index is 926. The van der Waals surface area contributed by atoms with Gasteiger partial charge in [0.1, 0.15) is 10.7 Å². The van der Waals surface area contributed by atoms with E-state index < -0.39 is 0 Å². The highest BCUT2D eigenvalue weighted by Crippen LogP contribution is 2.38. The van der Waals surface area contributed by atoms with E-state index in [-0.39, 0.29) is 11.6 Å². The molecule has 4 rings (SSSR count). The Labute approximate surface area is 149 Å². The van der Waals surface area contributed by atoms with E-state index >= 15 is 0 Å². The van der Waals surface area contributed by atoms with Crippen molar-refractivity contribution in [3.8, 4) is 0 Å². The number of rotatable bonds is 3. The lowest BCUT2D eigenvalue weighted by molar-refractivity contribution is 0.187. The van der Waals surface area contributed by atoms with Crippen LogP contribution in [-0.4, -0.2) is 21.4 Å². The third kappa shape index (κ3) is 2.53. The molecule has 0 amide bonds. The van der Waals surface area contributed by atoms with Gasteiger partial charge in [0.2, 0.25) is 0 Å². The van der Waals surface area contributed by atoms with E-state index in [0.717, 1.165) is 28.1 Å². The van der Waals surface area contributed by atoms with Crippen LogP contribution in [0.2, 0.25) is 0 Å². The van der Waals surface area contributed by atoms with Crippen molar-refractivity contribution in [1.82, 2.24) is 14.9 Å². The number of nitrogens with one attached hydrogen (secondary N) is 1. The van der Waals surface area contributed by atoms with Crippen molar-refractivity contribution in [2.75, 3.05) is 6.54 Å². The van der Waals surface area contributed by atoms with Gasteiger partial charge in [0.05, 0.1) is 11.4 Å². The molecule has 0 radical (unpaired) electrons. The maximum Gasteiger partial charge on any atom is 0.259 e. The number of hydrogen-bond donors (Lipinski definition) is 1. The quantitative estimate of drug-likeness (QED) is 0.746. The highest BCUT2D eigenvalue weighted by molar-refractivity contribution is 7.18. The van der Waals surface area contributed by atoms with E-state index in [4.69, 9.17) is 4.98 Å². The summed E-state index contributed by atoms with van der Waals surface area (Å²) in [5.41, 5.74) is 2.44. The molecule has 0 aliphatic carbocycles. The summed E-state index contributed by atoms with van der Waals surface area (Å²) >= 11 is 3.36. The fourth-order valence-corrected chi connectivity index (χ4v) is 5.45. The van der Waals surface area contributed by atoms with Gasteiger partial charge in [-0.05, 0) is 68.1 Å². The molecule has 2 atom stereocenters. The molecule has 0 spiro atoms. The average Bonchev–Trinajstić information content (AvgIpc) is 3.27. The summed E-state index contributed by atoms with van der Waals surface area (Å²) in [7, 11) is 0. The van der Waals surface area contributed by atoms with Gasteiger partial charge in [0, 0.05) is 10.9 Å². The number of aromatic nitrogens is 2. The van der Waals surface area contributed by atoms with E-state index in [2.05, 4.69) is 40.6 Å². The predicted octanol–water partition coefficient (Wildman–Crippen LogP) is 4.56. The minimum absolute atomic E-state index is 0.00465. The molecule has 1 fully saturated rings. The smallest absolute Gasteiger partial charge is 0.259 e. The van der Waals surface area contributed by atoms with Gasteiger partial charge in [-0.15, -0.1) is 11.3 Å². The number of fused-ring (bicyclic) bond motifs is 1. The third-order valence-corrected chi connectivity index (χ3v) is 6.98. The summed E-state index contributed by atoms with van der Waals surface area (Å²) < 4.78 is 0. The second-order valence-electron chi connectivity index (χ2n) is 6.54. The molecule has 1 aliphatic heterocycles. The predicted molar refractivity (Wildman–Crippen MR) is 101 cm³/mol. The van der Waals surface area contributed by atoms with Crippen LogP contribution < -0.4 is 5.56 Å². The van der Waals surface area contributed by atoms with Crippen LogP contribution in [0.4, 0.5) is 0 Å². The van der Waals surface area contributed by atoms with Crippen molar-refractivity contribution < 1.29 is 0 Å². The molecule has 1 N–H and O–H groups in total. The van der Waals surface area contributed by atoms with Gasteiger partial charge in [-0.3, -0.25) is 9.69 Å². The number of nitrogens with zero attached hydrogens (tertiary/aromatic N) is 2. The zero-order valence-electron chi connectivity index (χ0n) is 14.1. The molecule has 0 aromatic carbocycles. The van der Waals surface area contributed by atoms with E-state index in [1.54, 1.807) is 22.7 Å². The molecule has 6 heteroatoms. The Morgan fingerprint density at radius 2 is 2.25 bits per heavy atom. The molecule has 1 saturated heterocycles. The number of aryl methyl sites for hydroxylation is 2. The molecule has 1 aliphatic rings. The van der Waals surface area contributed by atoms with Crippen molar-refractivity contribution in [3.63, 3.8) is 0 Å². The molecular formula is C18H21N3OS2. The number of H-pyrrole nitrogens is 1. The monoisotopic (exact) mass is 359 g/mol. The maximum absolute atomic E-state index is 12.6. The summed E-state index contributed by atoms with van der Waals surface area (Å²) in [6.45, 7) is 7.26. The minimum Gasteiger partial charge on any atom is -0.309 e. The third-order valence-electron chi connectivity index (χ3n) is 5.17. The summed E-state index contributed by atoms with van der Waals surface area (Å²) in [4.78, 5) is 24.9. The Morgan fingerprint density at radius 1 is 1.42 bits per heavy atom. The van der Waals surface area contributed by atoms with Crippen LogP contribution in [0.3, 0.4) is 0 Å². The topological polar surface area (TPSA) is 49.0 Å². The fourth-order valence-electron chi connectivity index (χ4n) is 3.70. The first-order valence-corrected chi connectivity index (χ1v) is 10.1. The molecule has 0 saturated carbocycles. The minimum atomic E-state index is -0.00465. The SMILES string of the molecule is Cc1sc2nc([C@@H](C)N3CCC[C@@H]3c3ccsc3)[nH]c(=O)c2c1C. The molecule has 3 aromatic rings. The highest BCUT2D eigenvalue weighted by atomic mass is 32.1. The van der Waals surface area contributed by atoms with Crippen LogP contribution in [0.15, 0.2) is 21.6 Å². The average molecular weight is 360 g/mol. The highest BCUT2D eigenvalue weighted by Gasteiger charge is 2.32. The van der Waals surface area contributed by atoms with Crippen molar-refractivity contribution in [2.24, 2.45) is 0 Å². The number of likely N-dealkylation sites (tertiary alicyclic amines) is 1. The first kappa shape index (κ1) is 16.0. The molecule has 4 heterocycles. The maximum atomic E-state index is 12.6. The van der Waals surface area contributed by atoms with Gasteiger partial charge in [-0.2, -0.15) is 11.3 Å². The van der Waals surface area contributed by atoms with Crippen LogP contribution in [0, 0.1) is 13.8 Å². The molecule has 126 valence electrons. The Hall–Kier alpha value is -1.50. The van der Waals surface area contributed by atoms with Crippen LogP contribution in [0.25, 0.3) is 10.2 Å². The number of hydrogen-bond acceptors (Lipinski definition) is 5. The van der Waals surface area contributed by atoms with Crippen LogP contribution in [0.1, 0.15) is 53.7 Å². The van der Waals surface area contributed by atoms with Gasteiger partial charge < -0.3 is 4.98 Å². The van der Waals surface area contributed by atoms with Crippen molar-refractivity contribution in [1.29, 1.82) is 0 Å². The standard InChI is InChI=1S/C18H21N3OS2/c1-10-12(3)24-18-15(10)17(22)19-16(20-18)11(2)21-7-4-5-14(21)13-6-8-23-9-13/h6,8-9,11,14H,4-5,7H2,1-3H3,(H,19,20,22)/t11-,14-/m1/s1. The van der Waals surface area contributed by atoms with Crippen LogP contribution in [0.5, 0.6) is 0 Å². The van der Waals surface area contributed by atoms with Gasteiger partial charge >= 0.3 is 0 Å². The van der Waals surface area contributed by atoms with Crippen molar-refractivity contribution >= 4 is 32.9 Å². The molecule has 4 nitrogen and oxygen atoms in total. The second kappa shape index (κ2) is 6.10. The fraction of sp³-hybridized carbons (Fsp3) is 0.444. The van der Waals surface area contributed by atoms with Gasteiger partial charge in [0.15, 0.2) is 0 Å². The van der Waals surface area contributed by atoms with Crippen LogP contribution >= 0.6 is 22.7 Å². The van der Waals surface area contributed by atoms with E-state index in [1.165, 1.54) is 23.3 Å². The summed E-state index contributed by atoms with van der Waals surface area (Å²) in [5, 5.41) is 5.13. The van der Waals surface area contributed by atoms with Gasteiger partial charge in [-0.1, -0.05) is 0 Å². The summed E-state index contributed by atoms with van der Waals surface area (Å²) in [6, 6.07) is 2.75. The Morgan fingerprint density at radius 3 is 3.00 bits per heavy atom. The van der Waals surface area contributed by atoms with Crippen molar-refractivity contribution in [2.45, 2.75) is 45.7 Å². The van der Waals surface area contributed by atoms with E-state index in [0.29, 0.717) is 6.04 Å². The molecular weight excluding hydrogens is 338 g/mol. The zero-order chi connectivity index (χ0) is 16.8. The lowest BCUT2D eigenvalue weighted by atomic mass is 10.1. The normalized spacial score (nSPS) is 20.0. The molecule has 0 bridgehead atoms. The largest absolute Gasteiger partial charge is 0.309 e. The number of aromatic amines is 1. The lowest BCUT2D eigenvalue weighted by Gasteiger charge is -2.29. The van der Waals surface area contributed by atoms with E-state index in [1.807, 2.05) is 6.92 Å². The Balaban J connectivity index is 1.73. The number of thiophene rings is 2. The van der Waals surface area contributed by atoms with Crippen LogP contribution in [-0.2, 0) is 0 Å². The molecule has 3 aromatic heterocycles.